The van der Waals surface area contributed by atoms with E-state index in [0.29, 0.717) is 12.0 Å². The van der Waals surface area contributed by atoms with Crippen LogP contribution in [-0.4, -0.2) is 23.5 Å². The monoisotopic (exact) mass is 192 g/mol. The third-order valence-corrected chi connectivity index (χ3v) is 3.57. The van der Waals surface area contributed by atoms with E-state index in [1.807, 2.05) is 0 Å². The molecule has 0 aromatic rings. The number of nitriles is 1. The molecule has 0 N–H and O–H groups in total. The number of nitrogens with zero attached hydrogens (tertiary/aromatic N) is 2. The smallest absolute Gasteiger partial charge is 0.0672 e. The fraction of sp³-hybridized carbons (Fsp3) is 0.917. The maximum Gasteiger partial charge on any atom is 0.0672 e. The summed E-state index contributed by atoms with van der Waals surface area (Å²) in [5.74, 6) is 0.321. The van der Waals surface area contributed by atoms with Gasteiger partial charge in [0.1, 0.15) is 0 Å². The van der Waals surface area contributed by atoms with Crippen LogP contribution < -0.4 is 0 Å². The highest BCUT2D eigenvalue weighted by Crippen LogP contribution is 2.37. The highest BCUT2D eigenvalue weighted by Gasteiger charge is 2.39. The molecule has 2 aliphatic rings. The van der Waals surface area contributed by atoms with Gasteiger partial charge in [0, 0.05) is 12.1 Å². The van der Waals surface area contributed by atoms with Crippen LogP contribution >= 0.6 is 0 Å². The lowest BCUT2D eigenvalue weighted by Crippen LogP contribution is -2.39. The molecule has 0 aromatic carbocycles. The molecule has 0 aliphatic heterocycles. The Morgan fingerprint density at radius 3 is 2.64 bits per heavy atom. The summed E-state index contributed by atoms with van der Waals surface area (Å²) in [6.07, 6.45) is 7.62. The maximum atomic E-state index is 9.08. The highest BCUT2D eigenvalue weighted by molar-refractivity contribution is 5.01. The number of hydrogen-bond donors (Lipinski definition) is 0. The minimum Gasteiger partial charge on any atom is -0.296 e. The van der Waals surface area contributed by atoms with Gasteiger partial charge in [-0.15, -0.1) is 0 Å². The molecule has 2 saturated carbocycles. The zero-order chi connectivity index (χ0) is 9.97. The topological polar surface area (TPSA) is 27.0 Å². The molecular formula is C12H20N2. The molecule has 0 spiro atoms. The van der Waals surface area contributed by atoms with E-state index in [2.05, 4.69) is 17.9 Å². The van der Waals surface area contributed by atoms with Crippen LogP contribution in [0.15, 0.2) is 0 Å². The Kier molecular flexibility index (Phi) is 3.08. The van der Waals surface area contributed by atoms with Crippen LogP contribution in [0, 0.1) is 17.2 Å². The average Bonchev–Trinajstić information content (AvgIpc) is 2.92. The highest BCUT2D eigenvalue weighted by atomic mass is 15.2. The van der Waals surface area contributed by atoms with Crippen LogP contribution in [-0.2, 0) is 0 Å². The van der Waals surface area contributed by atoms with Gasteiger partial charge in [-0.25, -0.2) is 0 Å². The largest absolute Gasteiger partial charge is 0.296 e. The van der Waals surface area contributed by atoms with E-state index in [9.17, 15) is 0 Å². The van der Waals surface area contributed by atoms with Gasteiger partial charge in [-0.05, 0) is 38.6 Å². The average molecular weight is 192 g/mol. The van der Waals surface area contributed by atoms with Crippen LogP contribution in [0.5, 0.6) is 0 Å². The molecular weight excluding hydrogens is 172 g/mol. The summed E-state index contributed by atoms with van der Waals surface area (Å²) in [6, 6.07) is 3.91. The first-order valence-electron chi connectivity index (χ1n) is 6.02. The van der Waals surface area contributed by atoms with Crippen molar-refractivity contribution in [2.75, 3.05) is 6.54 Å². The molecule has 2 rings (SSSR count). The molecule has 0 bridgehead atoms. The Labute approximate surface area is 86.9 Å². The quantitative estimate of drug-likeness (QED) is 0.684. The number of hydrogen-bond acceptors (Lipinski definition) is 2. The normalized spacial score (nSPS) is 32.1. The van der Waals surface area contributed by atoms with Crippen molar-refractivity contribution in [1.82, 2.24) is 4.90 Å². The van der Waals surface area contributed by atoms with E-state index in [1.165, 1.54) is 38.6 Å². The van der Waals surface area contributed by atoms with E-state index in [1.54, 1.807) is 0 Å². The van der Waals surface area contributed by atoms with Crippen molar-refractivity contribution in [2.45, 2.75) is 57.5 Å². The van der Waals surface area contributed by atoms with Gasteiger partial charge in [0.15, 0.2) is 0 Å². The fourth-order valence-corrected chi connectivity index (χ4v) is 2.77. The Morgan fingerprint density at radius 2 is 2.07 bits per heavy atom. The third kappa shape index (κ3) is 1.93. The molecule has 0 heterocycles. The van der Waals surface area contributed by atoms with Gasteiger partial charge < -0.3 is 0 Å². The van der Waals surface area contributed by atoms with Crippen molar-refractivity contribution in [2.24, 2.45) is 5.92 Å². The summed E-state index contributed by atoms with van der Waals surface area (Å²) in [6.45, 7) is 3.44. The summed E-state index contributed by atoms with van der Waals surface area (Å²) in [5.41, 5.74) is 0. The van der Waals surface area contributed by atoms with Crippen molar-refractivity contribution in [3.63, 3.8) is 0 Å². The van der Waals surface area contributed by atoms with Crippen LogP contribution in [0.4, 0.5) is 0 Å². The van der Waals surface area contributed by atoms with E-state index >= 15 is 0 Å². The minimum absolute atomic E-state index is 0.321. The lowest BCUT2D eigenvalue weighted by molar-refractivity contribution is 0.168. The molecule has 0 radical (unpaired) electrons. The van der Waals surface area contributed by atoms with Gasteiger partial charge >= 0.3 is 0 Å². The minimum atomic E-state index is 0.321. The summed E-state index contributed by atoms with van der Waals surface area (Å²) < 4.78 is 0. The summed E-state index contributed by atoms with van der Waals surface area (Å²) in [5, 5.41) is 9.08. The van der Waals surface area contributed by atoms with Gasteiger partial charge in [-0.1, -0.05) is 13.3 Å². The van der Waals surface area contributed by atoms with Gasteiger partial charge in [-0.3, -0.25) is 4.90 Å². The lowest BCUT2D eigenvalue weighted by Gasteiger charge is -2.30. The molecule has 2 aliphatic carbocycles. The van der Waals surface area contributed by atoms with Crippen molar-refractivity contribution in [3.8, 4) is 6.07 Å². The molecule has 0 aromatic heterocycles. The van der Waals surface area contributed by atoms with Crippen molar-refractivity contribution in [3.05, 3.63) is 0 Å². The van der Waals surface area contributed by atoms with Crippen LogP contribution in [0.3, 0.4) is 0 Å². The SMILES string of the molecule is CCCN(C1CC1)C1CCCC1C#N. The molecule has 2 nitrogen and oxygen atoms in total. The van der Waals surface area contributed by atoms with Crippen molar-refractivity contribution >= 4 is 0 Å². The predicted molar refractivity (Wildman–Crippen MR) is 56.8 cm³/mol. The second kappa shape index (κ2) is 4.31. The molecule has 14 heavy (non-hydrogen) atoms. The molecule has 2 heteroatoms. The second-order valence-electron chi connectivity index (χ2n) is 4.70. The first-order chi connectivity index (χ1) is 6.86. The Balaban J connectivity index is 1.98. The molecule has 2 unspecified atom stereocenters. The van der Waals surface area contributed by atoms with E-state index in [4.69, 9.17) is 5.26 Å². The van der Waals surface area contributed by atoms with E-state index < -0.39 is 0 Å². The second-order valence-corrected chi connectivity index (χ2v) is 4.70. The van der Waals surface area contributed by atoms with Crippen LogP contribution in [0.2, 0.25) is 0 Å². The van der Waals surface area contributed by atoms with E-state index in [0.717, 1.165) is 12.5 Å². The zero-order valence-corrected chi connectivity index (χ0v) is 9.08. The van der Waals surface area contributed by atoms with Gasteiger partial charge in [0.25, 0.3) is 0 Å². The summed E-state index contributed by atoms with van der Waals surface area (Å²) in [4.78, 5) is 2.63. The maximum absolute atomic E-state index is 9.08. The molecule has 2 fully saturated rings. The van der Waals surface area contributed by atoms with Gasteiger partial charge in [0.05, 0.1) is 12.0 Å². The zero-order valence-electron chi connectivity index (χ0n) is 9.08. The lowest BCUT2D eigenvalue weighted by atomic mass is 10.0. The predicted octanol–water partition coefficient (Wildman–Crippen LogP) is 2.55. The number of rotatable bonds is 4. The summed E-state index contributed by atoms with van der Waals surface area (Å²) in [7, 11) is 0. The van der Waals surface area contributed by atoms with E-state index in [-0.39, 0.29) is 0 Å². The standard InChI is InChI=1S/C12H20N2/c1-2-8-14(11-6-7-11)12-5-3-4-10(12)9-13/h10-12H,2-8H2,1H3. The van der Waals surface area contributed by atoms with Gasteiger partial charge in [-0.2, -0.15) is 5.26 Å². The Bertz CT molecular complexity index is 227. The third-order valence-electron chi connectivity index (χ3n) is 3.57. The Morgan fingerprint density at radius 1 is 1.29 bits per heavy atom. The first kappa shape index (κ1) is 9.98. The molecule has 0 saturated heterocycles. The molecule has 2 atom stereocenters. The fourth-order valence-electron chi connectivity index (χ4n) is 2.77. The van der Waals surface area contributed by atoms with Crippen molar-refractivity contribution < 1.29 is 0 Å². The van der Waals surface area contributed by atoms with Crippen LogP contribution in [0.25, 0.3) is 0 Å². The van der Waals surface area contributed by atoms with Crippen molar-refractivity contribution in [1.29, 1.82) is 5.26 Å². The van der Waals surface area contributed by atoms with Crippen LogP contribution in [0.1, 0.15) is 45.4 Å². The molecule has 78 valence electrons. The summed E-state index contributed by atoms with van der Waals surface area (Å²) >= 11 is 0. The Hall–Kier alpha value is -0.550. The van der Waals surface area contributed by atoms with Gasteiger partial charge in [0.2, 0.25) is 0 Å². The molecule has 0 amide bonds. The first-order valence-corrected chi connectivity index (χ1v) is 6.02.